The first-order valence-corrected chi connectivity index (χ1v) is 12.6. The number of hydrogen-bond donors (Lipinski definition) is 2. The number of carbonyl (C=O) groups excluding carboxylic acids is 1. The number of fused-ring (bicyclic) bond motifs is 2. The molecule has 11 heteroatoms. The van der Waals surface area contributed by atoms with Crippen LogP contribution in [0, 0.1) is 6.92 Å². The van der Waals surface area contributed by atoms with Crippen LogP contribution in [-0.4, -0.2) is 42.8 Å². The van der Waals surface area contributed by atoms with Gasteiger partial charge in [0.2, 0.25) is 0 Å². The zero-order valence-electron chi connectivity index (χ0n) is 20.2. The second-order valence-corrected chi connectivity index (χ2v) is 10.9. The molecular weight excluding hydrogens is 482 g/mol. The molecule has 4 aromatic rings. The second-order valence-electron chi connectivity index (χ2n) is 9.24. The number of pyridine rings is 1. The molecule has 3 heterocycles. The average molecular weight is 508 g/mol. The molecule has 0 unspecified atom stereocenters. The van der Waals surface area contributed by atoms with E-state index in [0.29, 0.717) is 23.5 Å². The van der Waals surface area contributed by atoms with Crippen molar-refractivity contribution >= 4 is 32.5 Å². The first kappa shape index (κ1) is 23.6. The van der Waals surface area contributed by atoms with Gasteiger partial charge in [-0.25, -0.2) is 22.8 Å². The van der Waals surface area contributed by atoms with Crippen molar-refractivity contribution in [2.24, 2.45) is 0 Å². The number of benzene rings is 2. The Morgan fingerprint density at radius 3 is 2.67 bits per heavy atom. The highest BCUT2D eigenvalue weighted by atomic mass is 32.2. The van der Waals surface area contributed by atoms with Gasteiger partial charge in [-0.3, -0.25) is 4.79 Å². The molecule has 36 heavy (non-hydrogen) atoms. The smallest absolute Gasteiger partial charge is 0.283 e. The quantitative estimate of drug-likeness (QED) is 0.420. The maximum Gasteiger partial charge on any atom is 0.283 e. The Hall–Kier alpha value is -4.12. The fourth-order valence-electron chi connectivity index (χ4n) is 4.25. The monoisotopic (exact) mass is 507 g/mol. The SMILES string of the molecule is COc1ccc2c(c1S(=O)(=O)NC(=O)c1ccc3c(-n4cc(N)c(C)n4)cccc3n1)OCC2(C)C. The molecule has 2 aromatic heterocycles. The van der Waals surface area contributed by atoms with Crippen LogP contribution in [0.4, 0.5) is 5.69 Å². The Morgan fingerprint density at radius 1 is 1.19 bits per heavy atom. The topological polar surface area (TPSA) is 138 Å². The third kappa shape index (κ3) is 3.81. The molecule has 0 saturated heterocycles. The van der Waals surface area contributed by atoms with Gasteiger partial charge < -0.3 is 15.2 Å². The fraction of sp³-hybridized carbons (Fsp3) is 0.240. The highest BCUT2D eigenvalue weighted by Gasteiger charge is 2.39. The molecule has 1 amide bonds. The van der Waals surface area contributed by atoms with E-state index in [0.717, 1.165) is 16.6 Å². The van der Waals surface area contributed by atoms with E-state index in [1.807, 2.05) is 19.9 Å². The number of nitrogens with zero attached hydrogens (tertiary/aromatic N) is 3. The van der Waals surface area contributed by atoms with Crippen LogP contribution in [0.15, 0.2) is 53.6 Å². The molecule has 0 aliphatic carbocycles. The summed E-state index contributed by atoms with van der Waals surface area (Å²) in [6, 6.07) is 11.8. The lowest BCUT2D eigenvalue weighted by molar-refractivity contribution is 0.0977. The largest absolute Gasteiger partial charge is 0.495 e. The van der Waals surface area contributed by atoms with E-state index in [1.54, 1.807) is 48.1 Å². The van der Waals surface area contributed by atoms with Crippen molar-refractivity contribution in [3.63, 3.8) is 0 Å². The maximum absolute atomic E-state index is 13.4. The minimum absolute atomic E-state index is 0.0628. The van der Waals surface area contributed by atoms with Gasteiger partial charge in [-0.05, 0) is 37.3 Å². The normalized spacial score (nSPS) is 14.3. The molecule has 0 saturated carbocycles. The van der Waals surface area contributed by atoms with Crippen LogP contribution >= 0.6 is 0 Å². The minimum Gasteiger partial charge on any atom is -0.495 e. The van der Waals surface area contributed by atoms with Gasteiger partial charge >= 0.3 is 0 Å². The van der Waals surface area contributed by atoms with Gasteiger partial charge in [0.15, 0.2) is 4.90 Å². The number of ether oxygens (including phenoxy) is 2. The molecule has 1 aliphatic heterocycles. The number of sulfonamides is 1. The molecule has 1 aliphatic rings. The summed E-state index contributed by atoms with van der Waals surface area (Å²) in [7, 11) is -2.99. The summed E-state index contributed by atoms with van der Waals surface area (Å²) in [4.78, 5) is 17.2. The highest BCUT2D eigenvalue weighted by molar-refractivity contribution is 7.90. The Morgan fingerprint density at radius 2 is 1.97 bits per heavy atom. The average Bonchev–Trinajstić information content (AvgIpc) is 3.34. The first-order chi connectivity index (χ1) is 17.0. The number of nitrogen functional groups attached to an aromatic ring is 1. The number of carbonyl (C=O) groups is 1. The summed E-state index contributed by atoms with van der Waals surface area (Å²) in [5, 5.41) is 5.13. The van der Waals surface area contributed by atoms with Crippen molar-refractivity contribution in [1.82, 2.24) is 19.5 Å². The number of anilines is 1. The fourth-order valence-corrected chi connectivity index (χ4v) is 5.53. The predicted molar refractivity (Wildman–Crippen MR) is 134 cm³/mol. The zero-order chi connectivity index (χ0) is 25.8. The van der Waals surface area contributed by atoms with Crippen molar-refractivity contribution in [3.8, 4) is 17.2 Å². The van der Waals surface area contributed by atoms with Crippen molar-refractivity contribution in [3.05, 3.63) is 65.6 Å². The third-order valence-electron chi connectivity index (χ3n) is 6.22. The molecule has 0 bridgehead atoms. The van der Waals surface area contributed by atoms with E-state index in [-0.39, 0.29) is 27.5 Å². The molecule has 0 spiro atoms. The number of hydrogen-bond acceptors (Lipinski definition) is 8. The number of rotatable bonds is 5. The van der Waals surface area contributed by atoms with Crippen molar-refractivity contribution < 1.29 is 22.7 Å². The predicted octanol–water partition coefficient (Wildman–Crippen LogP) is 3.11. The van der Waals surface area contributed by atoms with Crippen molar-refractivity contribution in [1.29, 1.82) is 0 Å². The molecule has 3 N–H and O–H groups in total. The van der Waals surface area contributed by atoms with Gasteiger partial charge in [-0.1, -0.05) is 26.0 Å². The van der Waals surface area contributed by atoms with Crippen LogP contribution in [0.25, 0.3) is 16.6 Å². The number of aromatic nitrogens is 3. The van der Waals surface area contributed by atoms with E-state index >= 15 is 0 Å². The Balaban J connectivity index is 1.51. The summed E-state index contributed by atoms with van der Waals surface area (Å²) in [5.41, 5.74) is 8.67. The van der Waals surface area contributed by atoms with Crippen molar-refractivity contribution in [2.45, 2.75) is 31.1 Å². The molecule has 0 atom stereocenters. The summed E-state index contributed by atoms with van der Waals surface area (Å²) in [5.74, 6) is -0.611. The van der Waals surface area contributed by atoms with E-state index in [2.05, 4.69) is 14.8 Å². The van der Waals surface area contributed by atoms with Gasteiger partial charge in [0.25, 0.3) is 15.9 Å². The van der Waals surface area contributed by atoms with Crippen LogP contribution in [-0.2, 0) is 15.4 Å². The van der Waals surface area contributed by atoms with Gasteiger partial charge in [0, 0.05) is 16.4 Å². The standard InChI is InChI=1S/C25H25N5O5S/c1-14-17(26)12-30(28-14)20-7-5-6-18-15(20)8-10-19(27-18)24(31)29-36(32,33)23-21(34-4)11-9-16-22(23)35-13-25(16,2)3/h5-12H,13,26H2,1-4H3,(H,29,31). The van der Waals surface area contributed by atoms with E-state index in [1.165, 1.54) is 13.2 Å². The lowest BCUT2D eigenvalue weighted by Crippen LogP contribution is -2.31. The number of methoxy groups -OCH3 is 1. The molecule has 10 nitrogen and oxygen atoms in total. The van der Waals surface area contributed by atoms with Gasteiger partial charge in [-0.15, -0.1) is 0 Å². The van der Waals surface area contributed by atoms with Gasteiger partial charge in [0.1, 0.15) is 17.2 Å². The first-order valence-electron chi connectivity index (χ1n) is 11.1. The summed E-state index contributed by atoms with van der Waals surface area (Å²) in [6.07, 6.45) is 1.70. The van der Waals surface area contributed by atoms with Gasteiger partial charge in [0.05, 0.1) is 42.5 Å². The molecule has 186 valence electrons. The van der Waals surface area contributed by atoms with E-state index < -0.39 is 15.9 Å². The maximum atomic E-state index is 13.4. The van der Waals surface area contributed by atoms with Crippen LogP contribution in [0.2, 0.25) is 0 Å². The summed E-state index contributed by atoms with van der Waals surface area (Å²) >= 11 is 0. The lowest BCUT2D eigenvalue weighted by atomic mass is 9.87. The number of nitrogens with one attached hydrogen (secondary N) is 1. The molecular formula is C25H25N5O5S. The molecule has 0 radical (unpaired) electrons. The Labute approximate surface area is 208 Å². The highest BCUT2D eigenvalue weighted by Crippen LogP contribution is 2.46. The molecule has 0 fully saturated rings. The zero-order valence-corrected chi connectivity index (χ0v) is 21.0. The third-order valence-corrected chi connectivity index (χ3v) is 7.60. The summed E-state index contributed by atoms with van der Waals surface area (Å²) < 4.78 is 41.5. The van der Waals surface area contributed by atoms with Crippen LogP contribution in [0.5, 0.6) is 11.5 Å². The Bertz CT molecular complexity index is 1620. The second kappa shape index (κ2) is 8.23. The van der Waals surface area contributed by atoms with Crippen LogP contribution in [0.3, 0.4) is 0 Å². The molecule has 2 aromatic carbocycles. The van der Waals surface area contributed by atoms with Crippen LogP contribution in [0.1, 0.15) is 35.6 Å². The van der Waals surface area contributed by atoms with Crippen molar-refractivity contribution in [2.75, 3.05) is 19.5 Å². The molecule has 5 rings (SSSR count). The Kier molecular flexibility index (Phi) is 5.40. The number of amides is 1. The minimum atomic E-state index is -4.35. The van der Waals surface area contributed by atoms with Gasteiger partial charge in [-0.2, -0.15) is 5.10 Å². The number of nitrogens with two attached hydrogens (primary N) is 1. The summed E-state index contributed by atoms with van der Waals surface area (Å²) in [6.45, 7) is 6.02. The number of aryl methyl sites for hydroxylation is 1. The van der Waals surface area contributed by atoms with E-state index in [4.69, 9.17) is 15.2 Å². The lowest BCUT2D eigenvalue weighted by Gasteiger charge is -2.17. The van der Waals surface area contributed by atoms with E-state index in [9.17, 15) is 13.2 Å². The van der Waals surface area contributed by atoms with Crippen LogP contribution < -0.4 is 19.9 Å².